The first-order valence-electron chi connectivity index (χ1n) is 14.9. The van der Waals surface area contributed by atoms with Gasteiger partial charge in [-0.25, -0.2) is 14.6 Å². The third-order valence-electron chi connectivity index (χ3n) is 7.50. The van der Waals surface area contributed by atoms with Gasteiger partial charge in [-0.1, -0.05) is 47.5 Å². The second-order valence-electron chi connectivity index (χ2n) is 12.0. The Morgan fingerprint density at radius 2 is 1.62 bits per heavy atom. The minimum absolute atomic E-state index is 0.0116. The van der Waals surface area contributed by atoms with E-state index in [0.717, 1.165) is 31.2 Å². The van der Waals surface area contributed by atoms with Gasteiger partial charge >= 0.3 is 12.1 Å². The highest BCUT2D eigenvalue weighted by atomic mass is 35.5. The zero-order valence-corrected chi connectivity index (χ0v) is 27.4. The minimum Gasteiger partial charge on any atom is -0.493 e. The Kier molecular flexibility index (Phi) is 11.7. The number of aromatic nitrogens is 1. The smallest absolute Gasteiger partial charge is 0.416 e. The van der Waals surface area contributed by atoms with E-state index in [9.17, 15) is 14.4 Å². The highest BCUT2D eigenvalue weighted by Crippen LogP contribution is 2.32. The van der Waals surface area contributed by atoms with Crippen LogP contribution in [0.25, 0.3) is 0 Å². The van der Waals surface area contributed by atoms with Crippen LogP contribution in [0.15, 0.2) is 66.9 Å². The maximum Gasteiger partial charge on any atom is 0.416 e. The summed E-state index contributed by atoms with van der Waals surface area (Å²) < 4.78 is 16.7. The largest absolute Gasteiger partial charge is 0.493 e. The Morgan fingerprint density at radius 3 is 2.20 bits per heavy atom. The van der Waals surface area contributed by atoms with E-state index in [0.29, 0.717) is 24.1 Å². The van der Waals surface area contributed by atoms with E-state index in [1.54, 1.807) is 29.3 Å². The predicted molar refractivity (Wildman–Crippen MR) is 174 cm³/mol. The molecule has 1 saturated carbocycles. The van der Waals surface area contributed by atoms with Gasteiger partial charge in [0.15, 0.2) is 0 Å². The molecule has 0 saturated heterocycles. The van der Waals surface area contributed by atoms with Crippen molar-refractivity contribution in [2.45, 2.75) is 70.6 Å². The van der Waals surface area contributed by atoms with Gasteiger partial charge in [-0.05, 0) is 94.3 Å². The molecule has 0 bridgehead atoms. The number of nitrogens with zero attached hydrogens (tertiary/aromatic N) is 2. The van der Waals surface area contributed by atoms with Gasteiger partial charge in [-0.3, -0.25) is 9.69 Å². The molecule has 0 aliphatic heterocycles. The van der Waals surface area contributed by atoms with Gasteiger partial charge in [0, 0.05) is 18.7 Å². The molecule has 0 unspecified atom stereocenters. The van der Waals surface area contributed by atoms with Crippen molar-refractivity contribution < 1.29 is 28.6 Å². The van der Waals surface area contributed by atoms with Crippen molar-refractivity contribution in [1.82, 2.24) is 10.3 Å². The number of ether oxygens (including phenoxy) is 3. The maximum atomic E-state index is 13.1. The first-order valence-corrected chi connectivity index (χ1v) is 15.7. The molecule has 3 aromatic rings. The second-order valence-corrected chi connectivity index (χ2v) is 12.8. The van der Waals surface area contributed by atoms with E-state index in [1.165, 1.54) is 7.11 Å². The summed E-state index contributed by atoms with van der Waals surface area (Å²) in [6.45, 7) is 6.12. The molecule has 1 aromatic heterocycles. The lowest BCUT2D eigenvalue weighted by atomic mass is 9.86. The third-order valence-corrected chi connectivity index (χ3v) is 8.13. The monoisotopic (exact) mass is 655 g/mol. The van der Waals surface area contributed by atoms with Crippen LogP contribution in [0.3, 0.4) is 0 Å². The van der Waals surface area contributed by atoms with Gasteiger partial charge in [0.1, 0.15) is 23.2 Å². The number of esters is 1. The summed E-state index contributed by atoms with van der Waals surface area (Å²) in [6.07, 6.45) is 4.90. The molecule has 1 atom stereocenters. The molecule has 0 radical (unpaired) electrons. The molecule has 2 amide bonds. The molecule has 0 spiro atoms. The normalized spacial score (nSPS) is 17.1. The first kappa shape index (κ1) is 34.1. The molecular weight excluding hydrogens is 617 g/mol. The quantitative estimate of drug-likeness (QED) is 0.229. The molecule has 1 aliphatic rings. The fourth-order valence-corrected chi connectivity index (χ4v) is 5.83. The van der Waals surface area contributed by atoms with Crippen LogP contribution in [-0.4, -0.2) is 54.4 Å². The van der Waals surface area contributed by atoms with Gasteiger partial charge in [-0.15, -0.1) is 0 Å². The van der Waals surface area contributed by atoms with Crippen molar-refractivity contribution in [2.24, 2.45) is 5.92 Å². The van der Waals surface area contributed by atoms with Crippen LogP contribution < -0.4 is 15.0 Å². The van der Waals surface area contributed by atoms with Crippen molar-refractivity contribution >= 4 is 47.0 Å². The summed E-state index contributed by atoms with van der Waals surface area (Å²) in [4.78, 5) is 44.6. The van der Waals surface area contributed by atoms with Crippen LogP contribution in [0.4, 0.5) is 10.6 Å². The van der Waals surface area contributed by atoms with Gasteiger partial charge in [0.25, 0.3) is 5.91 Å². The Morgan fingerprint density at radius 1 is 0.956 bits per heavy atom. The molecule has 1 heterocycles. The fraction of sp³-hybridized carbons (Fsp3) is 0.412. The Bertz CT molecular complexity index is 1430. The van der Waals surface area contributed by atoms with Crippen molar-refractivity contribution in [3.8, 4) is 5.75 Å². The predicted octanol–water partition coefficient (Wildman–Crippen LogP) is 7.28. The van der Waals surface area contributed by atoms with E-state index in [-0.39, 0.29) is 34.2 Å². The van der Waals surface area contributed by atoms with Gasteiger partial charge in [0.05, 0.1) is 29.3 Å². The van der Waals surface area contributed by atoms with Crippen LogP contribution in [0.5, 0.6) is 5.75 Å². The Balaban J connectivity index is 1.31. The number of hydrogen-bond acceptors (Lipinski definition) is 7. The third kappa shape index (κ3) is 9.58. The van der Waals surface area contributed by atoms with E-state index in [2.05, 4.69) is 10.3 Å². The molecule has 4 rings (SSSR count). The number of nitrogens with one attached hydrogen (secondary N) is 1. The highest BCUT2D eigenvalue weighted by molar-refractivity contribution is 6.39. The average Bonchev–Trinajstić information content (AvgIpc) is 3.00. The number of hydrogen-bond donors (Lipinski definition) is 1. The number of amides is 2. The van der Waals surface area contributed by atoms with Gasteiger partial charge < -0.3 is 19.5 Å². The van der Waals surface area contributed by atoms with Gasteiger partial charge in [0.2, 0.25) is 0 Å². The number of carbonyl (C=O) groups excluding carboxylic acids is 3. The maximum absolute atomic E-state index is 13.1. The van der Waals surface area contributed by atoms with Crippen molar-refractivity contribution in [3.05, 3.63) is 88.0 Å². The van der Waals surface area contributed by atoms with Gasteiger partial charge in [-0.2, -0.15) is 0 Å². The van der Waals surface area contributed by atoms with E-state index < -0.39 is 23.5 Å². The summed E-state index contributed by atoms with van der Waals surface area (Å²) in [5.41, 5.74) is 0.297. The molecular formula is C34H39Cl2N3O6. The van der Waals surface area contributed by atoms with Crippen molar-refractivity contribution in [1.29, 1.82) is 0 Å². The summed E-state index contributed by atoms with van der Waals surface area (Å²) >= 11 is 12.3. The summed E-state index contributed by atoms with van der Waals surface area (Å²) in [7, 11) is 1.27. The topological polar surface area (TPSA) is 107 Å². The van der Waals surface area contributed by atoms with Crippen LogP contribution in [0.2, 0.25) is 10.0 Å². The number of rotatable bonds is 10. The number of benzene rings is 2. The number of halogens is 2. The Hall–Kier alpha value is -3.82. The molecule has 1 N–H and O–H groups in total. The molecule has 45 heavy (non-hydrogen) atoms. The van der Waals surface area contributed by atoms with Crippen molar-refractivity contribution in [2.75, 3.05) is 18.6 Å². The number of pyridine rings is 1. The molecule has 2 aromatic carbocycles. The molecule has 1 aliphatic carbocycles. The van der Waals surface area contributed by atoms with E-state index in [1.807, 2.05) is 63.2 Å². The number of carbonyl (C=O) groups is 3. The lowest BCUT2D eigenvalue weighted by molar-refractivity contribution is -0.142. The standard InChI is InChI=1S/C34H39Cl2N3O6/c1-34(2,3)45-33(42)39(29-10-5-6-19-37-29)24-15-11-23(12-16-24)21-44-25-17-13-22(14-18-25)20-28(32(41)43-4)38-31(40)30-26(35)8-7-9-27(30)36/h5-10,13-14,17-19,23-24,28H,11-12,15-16,20-21H2,1-4H3,(H,38,40)/t23-,24+,28-/m0/s1. The van der Waals surface area contributed by atoms with E-state index >= 15 is 0 Å². The van der Waals surface area contributed by atoms with Crippen molar-refractivity contribution in [3.63, 3.8) is 0 Å². The molecule has 11 heteroatoms. The lowest BCUT2D eigenvalue weighted by Crippen LogP contribution is -2.46. The summed E-state index contributed by atoms with van der Waals surface area (Å²) in [6, 6.07) is 16.7. The SMILES string of the molecule is COC(=O)[C@H](Cc1ccc(OC[C@H]2CC[C@@H](N(C(=O)OC(C)(C)C)c3ccccn3)CC2)cc1)NC(=O)c1c(Cl)cccc1Cl. The first-order chi connectivity index (χ1) is 21.4. The average molecular weight is 657 g/mol. The number of anilines is 1. The zero-order valence-electron chi connectivity index (χ0n) is 25.9. The second kappa shape index (κ2) is 15.5. The molecule has 240 valence electrons. The highest BCUT2D eigenvalue weighted by Gasteiger charge is 2.34. The number of methoxy groups -OCH3 is 1. The summed E-state index contributed by atoms with van der Waals surface area (Å²) in [5.74, 6) is 0.473. The summed E-state index contributed by atoms with van der Waals surface area (Å²) in [5, 5.41) is 3.06. The van der Waals surface area contributed by atoms with Crippen LogP contribution >= 0.6 is 23.2 Å². The Labute approximate surface area is 274 Å². The zero-order chi connectivity index (χ0) is 32.6. The van der Waals surface area contributed by atoms with Crippen LogP contribution in [0, 0.1) is 5.92 Å². The van der Waals surface area contributed by atoms with Crippen LogP contribution in [0.1, 0.15) is 62.4 Å². The van der Waals surface area contributed by atoms with E-state index in [4.69, 9.17) is 37.4 Å². The lowest BCUT2D eigenvalue weighted by Gasteiger charge is -2.37. The molecule has 1 fully saturated rings. The molecule has 9 nitrogen and oxygen atoms in total. The fourth-order valence-electron chi connectivity index (χ4n) is 5.26. The minimum atomic E-state index is -0.942. The van der Waals surface area contributed by atoms with Crippen LogP contribution in [-0.2, 0) is 20.7 Å².